The van der Waals surface area contributed by atoms with E-state index < -0.39 is 0 Å². The lowest BCUT2D eigenvalue weighted by atomic mass is 10.0. The normalized spacial score (nSPS) is 11.6. The van der Waals surface area contributed by atoms with E-state index in [9.17, 15) is 14.7 Å². The largest absolute Gasteiger partial charge is 0.506 e. The number of hydrogen-bond donors (Lipinski definition) is 2. The summed E-state index contributed by atoms with van der Waals surface area (Å²) in [7, 11) is 0. The van der Waals surface area contributed by atoms with Crippen molar-refractivity contribution in [3.63, 3.8) is 0 Å². The molecule has 0 bridgehead atoms. The monoisotopic (exact) mass is 348 g/mol. The molecule has 0 fully saturated rings. The SMILES string of the molecule is CC(=O)/C=C(O)/C(=C/C(C)=O)NN=C(c1ccccc1)c1ccccc1. The minimum Gasteiger partial charge on any atom is -0.506 e. The maximum absolute atomic E-state index is 11.4. The zero-order chi connectivity index (χ0) is 18.9. The van der Waals surface area contributed by atoms with Gasteiger partial charge in [0, 0.05) is 23.3 Å². The molecule has 2 N–H and O–H groups in total. The summed E-state index contributed by atoms with van der Waals surface area (Å²) < 4.78 is 0. The third-order valence-electron chi connectivity index (χ3n) is 3.35. The molecule has 0 aliphatic rings. The molecule has 2 rings (SSSR count). The molecule has 5 heteroatoms. The van der Waals surface area contributed by atoms with Crippen LogP contribution >= 0.6 is 0 Å². The fraction of sp³-hybridized carbons (Fsp3) is 0.0952. The van der Waals surface area contributed by atoms with E-state index in [-0.39, 0.29) is 23.0 Å². The van der Waals surface area contributed by atoms with Gasteiger partial charge in [-0.15, -0.1) is 0 Å². The second kappa shape index (κ2) is 9.13. The van der Waals surface area contributed by atoms with Crippen molar-refractivity contribution >= 4 is 17.3 Å². The Morgan fingerprint density at radius 1 is 0.846 bits per heavy atom. The van der Waals surface area contributed by atoms with E-state index in [2.05, 4.69) is 10.5 Å². The van der Waals surface area contributed by atoms with E-state index >= 15 is 0 Å². The van der Waals surface area contributed by atoms with Crippen molar-refractivity contribution in [2.75, 3.05) is 0 Å². The summed E-state index contributed by atoms with van der Waals surface area (Å²) in [5, 5.41) is 14.5. The van der Waals surface area contributed by atoms with Gasteiger partial charge < -0.3 is 5.11 Å². The molecule has 5 nitrogen and oxygen atoms in total. The zero-order valence-corrected chi connectivity index (χ0v) is 14.6. The highest BCUT2D eigenvalue weighted by atomic mass is 16.3. The molecule has 0 heterocycles. The van der Waals surface area contributed by atoms with Gasteiger partial charge in [-0.2, -0.15) is 5.10 Å². The molecule has 26 heavy (non-hydrogen) atoms. The fourth-order valence-corrected chi connectivity index (χ4v) is 2.24. The number of hydrogen-bond acceptors (Lipinski definition) is 5. The first-order valence-corrected chi connectivity index (χ1v) is 8.06. The van der Waals surface area contributed by atoms with Crippen molar-refractivity contribution in [2.24, 2.45) is 5.10 Å². The molecule has 2 aromatic rings. The Bertz CT molecular complexity index is 825. The molecule has 0 amide bonds. The van der Waals surface area contributed by atoms with Crippen LogP contribution in [0.1, 0.15) is 25.0 Å². The number of allylic oxidation sites excluding steroid dienone is 2. The lowest BCUT2D eigenvalue weighted by molar-refractivity contribution is -0.113. The second-order valence-electron chi connectivity index (χ2n) is 5.61. The molecule has 0 aliphatic heterocycles. The molecule has 0 radical (unpaired) electrons. The number of nitrogens with one attached hydrogen (secondary N) is 1. The summed E-state index contributed by atoms with van der Waals surface area (Å²) in [6, 6.07) is 19.0. The Hall–Kier alpha value is -3.47. The zero-order valence-electron chi connectivity index (χ0n) is 14.6. The lowest BCUT2D eigenvalue weighted by Gasteiger charge is -2.10. The van der Waals surface area contributed by atoms with E-state index in [1.165, 1.54) is 19.9 Å². The Kier molecular flexibility index (Phi) is 6.62. The van der Waals surface area contributed by atoms with Crippen molar-refractivity contribution in [1.82, 2.24) is 5.43 Å². The van der Waals surface area contributed by atoms with Gasteiger partial charge in [0.1, 0.15) is 11.5 Å². The Balaban J connectivity index is 2.45. The molecule has 0 aromatic heterocycles. The van der Waals surface area contributed by atoms with Gasteiger partial charge in [0.15, 0.2) is 11.6 Å². The summed E-state index contributed by atoms with van der Waals surface area (Å²) in [6.45, 7) is 2.66. The van der Waals surface area contributed by atoms with Gasteiger partial charge in [-0.3, -0.25) is 15.0 Å². The topological polar surface area (TPSA) is 78.8 Å². The quantitative estimate of drug-likeness (QED) is 0.264. The van der Waals surface area contributed by atoms with Gasteiger partial charge in [-0.25, -0.2) is 0 Å². The van der Waals surface area contributed by atoms with E-state index in [0.717, 1.165) is 17.2 Å². The first kappa shape index (κ1) is 18.9. The van der Waals surface area contributed by atoms with Crippen LogP contribution in [0.4, 0.5) is 0 Å². The first-order chi connectivity index (χ1) is 12.5. The van der Waals surface area contributed by atoms with Crippen molar-refractivity contribution < 1.29 is 14.7 Å². The van der Waals surface area contributed by atoms with Crippen LogP contribution in [-0.2, 0) is 9.59 Å². The number of hydrazone groups is 1. The standard InChI is InChI=1S/C21H20N2O3/c1-15(24)13-19(20(26)14-16(2)25)22-23-21(17-9-5-3-6-10-17)18-11-7-4-8-12-18/h3-14,22,26H,1-2H3/b19-13-,20-14-. The smallest absolute Gasteiger partial charge is 0.156 e. The van der Waals surface area contributed by atoms with E-state index in [4.69, 9.17) is 0 Å². The van der Waals surface area contributed by atoms with Crippen molar-refractivity contribution in [1.29, 1.82) is 0 Å². The summed E-state index contributed by atoms with van der Waals surface area (Å²) in [5.74, 6) is -0.974. The highest BCUT2D eigenvalue weighted by Crippen LogP contribution is 2.12. The minimum absolute atomic E-state index is 0.0528. The molecule has 2 aromatic carbocycles. The molecule has 0 atom stereocenters. The number of benzene rings is 2. The average molecular weight is 348 g/mol. The van der Waals surface area contributed by atoms with Crippen molar-refractivity contribution in [2.45, 2.75) is 13.8 Å². The Morgan fingerprint density at radius 2 is 1.31 bits per heavy atom. The van der Waals surface area contributed by atoms with Gasteiger partial charge in [-0.1, -0.05) is 60.7 Å². The Morgan fingerprint density at radius 3 is 1.73 bits per heavy atom. The molecule has 0 saturated carbocycles. The van der Waals surface area contributed by atoms with Crippen molar-refractivity contribution in [3.8, 4) is 0 Å². The number of rotatable bonds is 7. The number of carbonyl (C=O) groups excluding carboxylic acids is 2. The maximum atomic E-state index is 11.4. The van der Waals surface area contributed by atoms with Gasteiger partial charge in [0.05, 0.1) is 5.71 Å². The highest BCUT2D eigenvalue weighted by molar-refractivity contribution is 6.12. The second-order valence-corrected chi connectivity index (χ2v) is 5.61. The fourth-order valence-electron chi connectivity index (χ4n) is 2.24. The number of carbonyl (C=O) groups is 2. The minimum atomic E-state index is -0.350. The van der Waals surface area contributed by atoms with E-state index in [1.807, 2.05) is 60.7 Å². The van der Waals surface area contributed by atoms with E-state index in [0.29, 0.717) is 5.71 Å². The average Bonchev–Trinajstić information content (AvgIpc) is 2.62. The van der Waals surface area contributed by atoms with Gasteiger partial charge >= 0.3 is 0 Å². The molecule has 0 spiro atoms. The molecule has 0 aliphatic carbocycles. The van der Waals surface area contributed by atoms with Crippen LogP contribution in [0.25, 0.3) is 0 Å². The molecule has 0 saturated heterocycles. The summed E-state index contributed by atoms with van der Waals surface area (Å²) in [4.78, 5) is 22.7. The summed E-state index contributed by atoms with van der Waals surface area (Å²) in [6.07, 6.45) is 2.22. The van der Waals surface area contributed by atoms with Gasteiger partial charge in [0.2, 0.25) is 0 Å². The van der Waals surface area contributed by atoms with Gasteiger partial charge in [0.25, 0.3) is 0 Å². The number of ketones is 2. The maximum Gasteiger partial charge on any atom is 0.156 e. The molecule has 132 valence electrons. The third kappa shape index (κ3) is 5.56. The van der Waals surface area contributed by atoms with Crippen molar-refractivity contribution in [3.05, 3.63) is 95.4 Å². The van der Waals surface area contributed by atoms with Crippen LogP contribution in [0.2, 0.25) is 0 Å². The van der Waals surface area contributed by atoms with E-state index in [1.54, 1.807) is 0 Å². The molecule has 0 unspecified atom stereocenters. The van der Waals surface area contributed by atoms with Crippen LogP contribution in [0, 0.1) is 0 Å². The Labute approximate surface area is 152 Å². The predicted molar refractivity (Wildman–Crippen MR) is 102 cm³/mol. The number of aliphatic hydroxyl groups excluding tert-OH is 1. The number of aliphatic hydroxyl groups is 1. The van der Waals surface area contributed by atoms with Gasteiger partial charge in [-0.05, 0) is 13.8 Å². The predicted octanol–water partition coefficient (Wildman–Crippen LogP) is 3.53. The van der Waals surface area contributed by atoms with Crippen LogP contribution in [0.3, 0.4) is 0 Å². The summed E-state index contributed by atoms with van der Waals surface area (Å²) >= 11 is 0. The van der Waals surface area contributed by atoms with Crippen LogP contribution in [0.15, 0.2) is 89.4 Å². The summed E-state index contributed by atoms with van der Waals surface area (Å²) in [5.41, 5.74) is 5.13. The lowest BCUT2D eigenvalue weighted by Crippen LogP contribution is -2.15. The van der Waals surface area contributed by atoms with Crippen LogP contribution < -0.4 is 5.43 Å². The third-order valence-corrected chi connectivity index (χ3v) is 3.35. The highest BCUT2D eigenvalue weighted by Gasteiger charge is 2.09. The number of nitrogens with zero attached hydrogens (tertiary/aromatic N) is 1. The first-order valence-electron chi connectivity index (χ1n) is 8.06. The molecular weight excluding hydrogens is 328 g/mol. The molecular formula is C21H20N2O3. The van der Waals surface area contributed by atoms with Crippen LogP contribution in [-0.4, -0.2) is 22.4 Å². The van der Waals surface area contributed by atoms with Crippen LogP contribution in [0.5, 0.6) is 0 Å².